The lowest BCUT2D eigenvalue weighted by Crippen LogP contribution is -2.09. The molecule has 0 aromatic heterocycles. The molecular formula is C18H19F3O2. The maximum atomic E-state index is 12.7. The summed E-state index contributed by atoms with van der Waals surface area (Å²) in [6.45, 7) is 0. The molecule has 1 aromatic rings. The van der Waals surface area contributed by atoms with Gasteiger partial charge in [-0.15, -0.1) is 0 Å². The van der Waals surface area contributed by atoms with Crippen LogP contribution in [-0.4, -0.2) is 11.1 Å². The molecule has 1 aliphatic rings. The first-order valence-electron chi connectivity index (χ1n) is 7.67. The van der Waals surface area contributed by atoms with Crippen LogP contribution in [0.1, 0.15) is 43.2 Å². The predicted molar refractivity (Wildman–Crippen MR) is 82.8 cm³/mol. The first kappa shape index (κ1) is 17.3. The van der Waals surface area contributed by atoms with Gasteiger partial charge in [0.1, 0.15) is 0 Å². The van der Waals surface area contributed by atoms with E-state index in [0.717, 1.165) is 55.0 Å². The molecule has 0 unspecified atom stereocenters. The molecule has 2 nitrogen and oxygen atoms in total. The van der Waals surface area contributed by atoms with E-state index in [9.17, 15) is 18.0 Å². The molecule has 0 heterocycles. The van der Waals surface area contributed by atoms with E-state index in [-0.39, 0.29) is 5.92 Å². The van der Waals surface area contributed by atoms with Crippen LogP contribution >= 0.6 is 0 Å². The molecule has 1 aromatic carbocycles. The molecule has 0 bridgehead atoms. The number of carboxylic acids is 1. The minimum absolute atomic E-state index is 0.263. The highest BCUT2D eigenvalue weighted by Crippen LogP contribution is 2.37. The summed E-state index contributed by atoms with van der Waals surface area (Å²) in [7, 11) is 0. The summed E-state index contributed by atoms with van der Waals surface area (Å²) >= 11 is 0. The van der Waals surface area contributed by atoms with Gasteiger partial charge in [-0.05, 0) is 42.0 Å². The van der Waals surface area contributed by atoms with Crippen LogP contribution < -0.4 is 0 Å². The van der Waals surface area contributed by atoms with Crippen molar-refractivity contribution in [2.45, 2.75) is 38.3 Å². The summed E-state index contributed by atoms with van der Waals surface area (Å²) in [5, 5.41) is 8.69. The van der Waals surface area contributed by atoms with Crippen LogP contribution in [0.2, 0.25) is 0 Å². The first-order valence-corrected chi connectivity index (χ1v) is 7.67. The van der Waals surface area contributed by atoms with Crippen molar-refractivity contribution in [3.05, 3.63) is 53.6 Å². The minimum Gasteiger partial charge on any atom is -0.478 e. The summed E-state index contributed by atoms with van der Waals surface area (Å²) in [4.78, 5) is 10.6. The second-order valence-electron chi connectivity index (χ2n) is 5.73. The molecule has 2 rings (SSSR count). The molecule has 1 saturated carbocycles. The van der Waals surface area contributed by atoms with Crippen molar-refractivity contribution in [3.63, 3.8) is 0 Å². The van der Waals surface area contributed by atoms with Gasteiger partial charge in [-0.2, -0.15) is 13.2 Å². The van der Waals surface area contributed by atoms with Crippen molar-refractivity contribution < 1.29 is 23.1 Å². The Morgan fingerprint density at radius 3 is 2.22 bits per heavy atom. The molecule has 0 amide bonds. The molecule has 23 heavy (non-hydrogen) atoms. The molecule has 0 atom stereocenters. The summed E-state index contributed by atoms with van der Waals surface area (Å²) < 4.78 is 38.0. The summed E-state index contributed by atoms with van der Waals surface area (Å²) in [6, 6.07) is 5.09. The quantitative estimate of drug-likeness (QED) is 0.602. The Balaban J connectivity index is 2.30. The zero-order chi connectivity index (χ0) is 16.9. The maximum Gasteiger partial charge on any atom is 0.416 e. The van der Waals surface area contributed by atoms with Crippen LogP contribution in [0.4, 0.5) is 13.2 Å². The van der Waals surface area contributed by atoms with Gasteiger partial charge in [-0.3, -0.25) is 0 Å². The van der Waals surface area contributed by atoms with Gasteiger partial charge in [-0.1, -0.05) is 43.5 Å². The molecule has 124 valence electrons. The normalized spacial score (nSPS) is 17.6. The van der Waals surface area contributed by atoms with Crippen LogP contribution in [0.15, 0.2) is 42.5 Å². The van der Waals surface area contributed by atoms with Crippen molar-refractivity contribution in [3.8, 4) is 0 Å². The Morgan fingerprint density at radius 1 is 1.09 bits per heavy atom. The topological polar surface area (TPSA) is 37.3 Å². The van der Waals surface area contributed by atoms with Crippen LogP contribution in [0.3, 0.4) is 0 Å². The predicted octanol–water partition coefficient (Wildman–Crippen LogP) is 5.31. The van der Waals surface area contributed by atoms with Crippen LogP contribution in [-0.2, 0) is 11.0 Å². The molecular weight excluding hydrogens is 305 g/mol. The van der Waals surface area contributed by atoms with Gasteiger partial charge < -0.3 is 5.11 Å². The third kappa shape index (κ3) is 4.98. The fourth-order valence-corrected chi connectivity index (χ4v) is 2.97. The molecule has 5 heteroatoms. The highest BCUT2D eigenvalue weighted by atomic mass is 19.4. The smallest absolute Gasteiger partial charge is 0.416 e. The van der Waals surface area contributed by atoms with Gasteiger partial charge in [0.25, 0.3) is 0 Å². The van der Waals surface area contributed by atoms with Crippen molar-refractivity contribution in [1.29, 1.82) is 0 Å². The Morgan fingerprint density at radius 2 is 1.70 bits per heavy atom. The largest absolute Gasteiger partial charge is 0.478 e. The van der Waals surface area contributed by atoms with E-state index >= 15 is 0 Å². The van der Waals surface area contributed by atoms with Crippen LogP contribution in [0.5, 0.6) is 0 Å². The average Bonchev–Trinajstić information content (AvgIpc) is 2.51. The summed E-state index contributed by atoms with van der Waals surface area (Å²) in [6.07, 6.45) is 5.15. The summed E-state index contributed by atoms with van der Waals surface area (Å²) in [5.74, 6) is -0.782. The fourth-order valence-electron chi connectivity index (χ4n) is 2.97. The van der Waals surface area contributed by atoms with Crippen molar-refractivity contribution >= 4 is 11.5 Å². The number of hydrogen-bond acceptors (Lipinski definition) is 1. The van der Waals surface area contributed by atoms with Gasteiger partial charge >= 0.3 is 12.1 Å². The van der Waals surface area contributed by atoms with E-state index in [4.69, 9.17) is 5.11 Å². The number of hydrogen-bond donors (Lipinski definition) is 1. The van der Waals surface area contributed by atoms with E-state index in [1.54, 1.807) is 6.08 Å². The van der Waals surface area contributed by atoms with E-state index in [2.05, 4.69) is 0 Å². The zero-order valence-corrected chi connectivity index (χ0v) is 12.6. The van der Waals surface area contributed by atoms with Crippen LogP contribution in [0, 0.1) is 5.92 Å². The fraction of sp³-hybridized carbons (Fsp3) is 0.389. The monoisotopic (exact) mass is 324 g/mol. The lowest BCUT2D eigenvalue weighted by atomic mass is 9.80. The van der Waals surface area contributed by atoms with E-state index < -0.39 is 17.7 Å². The highest BCUT2D eigenvalue weighted by Gasteiger charge is 2.30. The number of halogens is 3. The molecule has 0 radical (unpaired) electrons. The Bertz CT molecular complexity index is 592. The Kier molecular flexibility index (Phi) is 5.64. The molecule has 0 spiro atoms. The van der Waals surface area contributed by atoms with E-state index in [1.807, 2.05) is 0 Å². The molecule has 0 saturated heterocycles. The second kappa shape index (κ2) is 7.49. The number of carboxylic acid groups (broad SMARTS) is 1. The Hall–Kier alpha value is -2.04. The van der Waals surface area contributed by atoms with Gasteiger partial charge in [0.15, 0.2) is 0 Å². The van der Waals surface area contributed by atoms with Gasteiger partial charge in [-0.25, -0.2) is 4.79 Å². The SMILES string of the molecule is O=C(O)/C=C/C=C(/c1ccc(C(F)(F)F)cc1)C1CCCCC1. The summed E-state index contributed by atoms with van der Waals surface area (Å²) in [5.41, 5.74) is 0.959. The van der Waals surface area contributed by atoms with Gasteiger partial charge in [0.05, 0.1) is 5.56 Å². The number of rotatable bonds is 4. The molecule has 1 aliphatic carbocycles. The number of aliphatic carboxylic acids is 1. The number of alkyl halides is 3. The van der Waals surface area contributed by atoms with Crippen molar-refractivity contribution in [2.75, 3.05) is 0 Å². The van der Waals surface area contributed by atoms with Crippen LogP contribution in [0.25, 0.3) is 5.57 Å². The molecule has 1 N–H and O–H groups in total. The number of allylic oxidation sites excluding steroid dienone is 3. The number of benzene rings is 1. The van der Waals surface area contributed by atoms with Gasteiger partial charge in [0.2, 0.25) is 0 Å². The third-order valence-electron chi connectivity index (χ3n) is 4.11. The van der Waals surface area contributed by atoms with Crippen molar-refractivity contribution in [1.82, 2.24) is 0 Å². The standard InChI is InChI=1S/C18H19F3O2/c19-18(20,21)15-11-9-14(10-12-15)16(7-4-8-17(22)23)13-5-2-1-3-6-13/h4,7-13H,1-3,5-6H2,(H,22,23)/b8-4+,16-7+. The highest BCUT2D eigenvalue weighted by molar-refractivity contribution is 5.81. The second-order valence-corrected chi connectivity index (χ2v) is 5.73. The average molecular weight is 324 g/mol. The van der Waals surface area contributed by atoms with E-state index in [1.165, 1.54) is 24.6 Å². The number of carbonyl (C=O) groups is 1. The molecule has 0 aliphatic heterocycles. The molecule has 1 fully saturated rings. The third-order valence-corrected chi connectivity index (χ3v) is 4.11. The lowest BCUT2D eigenvalue weighted by Gasteiger charge is -2.25. The lowest BCUT2D eigenvalue weighted by molar-refractivity contribution is -0.137. The minimum atomic E-state index is -4.35. The Labute approximate surface area is 133 Å². The van der Waals surface area contributed by atoms with Gasteiger partial charge in [0, 0.05) is 6.08 Å². The van der Waals surface area contributed by atoms with Crippen molar-refractivity contribution in [2.24, 2.45) is 5.92 Å². The zero-order valence-electron chi connectivity index (χ0n) is 12.6. The first-order chi connectivity index (χ1) is 10.9. The maximum absolute atomic E-state index is 12.7. The van der Waals surface area contributed by atoms with E-state index in [0.29, 0.717) is 0 Å².